The van der Waals surface area contributed by atoms with Crippen LogP contribution in [0.2, 0.25) is 0 Å². The Morgan fingerprint density at radius 1 is 1.24 bits per heavy atom. The molecular formula is C18H21N3O3S. The average Bonchev–Trinajstić information content (AvgIpc) is 3.00. The van der Waals surface area contributed by atoms with Crippen molar-refractivity contribution in [2.45, 2.75) is 24.7 Å². The Kier molecular flexibility index (Phi) is 4.28. The van der Waals surface area contributed by atoms with Crippen molar-refractivity contribution in [3.05, 3.63) is 53.5 Å². The summed E-state index contributed by atoms with van der Waals surface area (Å²) in [5, 5.41) is 4.20. The number of aromatic nitrogens is 2. The van der Waals surface area contributed by atoms with Gasteiger partial charge in [-0.05, 0) is 30.2 Å². The van der Waals surface area contributed by atoms with Gasteiger partial charge in [-0.2, -0.15) is 5.10 Å². The maximum Gasteiger partial charge on any atom is 0.233 e. The second kappa shape index (κ2) is 6.15. The molecule has 0 N–H and O–H groups in total. The Hall–Kier alpha value is -2.41. The SMILES string of the molecule is CCS(=O)(=O)c1ccc2c(c1)C(c1cnn(C)c1)=CN(C)C(=O)[C@@H]2C. The zero-order valence-electron chi connectivity index (χ0n) is 14.7. The smallest absolute Gasteiger partial charge is 0.233 e. The summed E-state index contributed by atoms with van der Waals surface area (Å²) in [6, 6.07) is 5.02. The third-order valence-corrected chi connectivity index (χ3v) is 6.31. The quantitative estimate of drug-likeness (QED) is 0.842. The maximum absolute atomic E-state index is 12.6. The summed E-state index contributed by atoms with van der Waals surface area (Å²) in [7, 11) is 0.195. The van der Waals surface area contributed by atoms with E-state index in [-0.39, 0.29) is 22.5 Å². The molecule has 2 aromatic rings. The van der Waals surface area contributed by atoms with Gasteiger partial charge in [-0.3, -0.25) is 9.48 Å². The van der Waals surface area contributed by atoms with Gasteiger partial charge in [0.1, 0.15) is 0 Å². The summed E-state index contributed by atoms with van der Waals surface area (Å²) in [6.45, 7) is 3.46. The molecule has 132 valence electrons. The first-order chi connectivity index (χ1) is 11.7. The summed E-state index contributed by atoms with van der Waals surface area (Å²) in [4.78, 5) is 14.4. The number of nitrogens with zero attached hydrogens (tertiary/aromatic N) is 3. The lowest BCUT2D eigenvalue weighted by molar-refractivity contribution is -0.128. The van der Waals surface area contributed by atoms with E-state index in [0.717, 1.165) is 22.3 Å². The van der Waals surface area contributed by atoms with Crippen molar-refractivity contribution >= 4 is 21.3 Å². The van der Waals surface area contributed by atoms with Gasteiger partial charge in [0.25, 0.3) is 0 Å². The standard InChI is InChI=1S/C18H21N3O3S/c1-5-25(23,24)14-6-7-15-12(2)18(22)20(3)11-17(16(15)8-14)13-9-19-21(4)10-13/h6-12H,5H2,1-4H3/t12-/m1/s1. The van der Waals surface area contributed by atoms with Crippen molar-refractivity contribution in [3.8, 4) is 0 Å². The number of carbonyl (C=O) groups excluding carboxylic acids is 1. The number of benzene rings is 1. The molecule has 0 fully saturated rings. The molecule has 0 saturated heterocycles. The highest BCUT2D eigenvalue weighted by Crippen LogP contribution is 2.36. The number of likely N-dealkylation sites (N-methyl/N-ethyl adjacent to an activating group) is 1. The zero-order valence-corrected chi connectivity index (χ0v) is 15.5. The van der Waals surface area contributed by atoms with Crippen molar-refractivity contribution in [3.63, 3.8) is 0 Å². The lowest BCUT2D eigenvalue weighted by atomic mass is 9.90. The first kappa shape index (κ1) is 17.4. The average molecular weight is 359 g/mol. The summed E-state index contributed by atoms with van der Waals surface area (Å²) >= 11 is 0. The van der Waals surface area contributed by atoms with Crippen molar-refractivity contribution in [2.75, 3.05) is 12.8 Å². The molecule has 0 radical (unpaired) electrons. The molecular weight excluding hydrogens is 338 g/mol. The van der Waals surface area contributed by atoms with Gasteiger partial charge in [-0.25, -0.2) is 8.42 Å². The molecule has 2 heterocycles. The Labute approximate surface area is 147 Å². The molecule has 0 aliphatic carbocycles. The summed E-state index contributed by atoms with van der Waals surface area (Å²) < 4.78 is 26.3. The van der Waals surface area contributed by atoms with Gasteiger partial charge in [0.2, 0.25) is 5.91 Å². The normalized spacial score (nSPS) is 17.9. The number of sulfone groups is 1. The van der Waals surface area contributed by atoms with Gasteiger partial charge >= 0.3 is 0 Å². The van der Waals surface area contributed by atoms with Gasteiger partial charge in [0, 0.05) is 37.6 Å². The monoisotopic (exact) mass is 359 g/mol. The maximum atomic E-state index is 12.6. The molecule has 1 amide bonds. The highest BCUT2D eigenvalue weighted by molar-refractivity contribution is 7.91. The fourth-order valence-electron chi connectivity index (χ4n) is 3.06. The number of amides is 1. The minimum absolute atomic E-state index is 0.0338. The van der Waals surface area contributed by atoms with E-state index in [9.17, 15) is 13.2 Å². The molecule has 7 heteroatoms. The number of hydrogen-bond acceptors (Lipinski definition) is 4. The number of aryl methyl sites for hydroxylation is 1. The van der Waals surface area contributed by atoms with Crippen LogP contribution < -0.4 is 0 Å². The van der Waals surface area contributed by atoms with E-state index in [1.165, 1.54) is 0 Å². The van der Waals surface area contributed by atoms with Crippen molar-refractivity contribution in [1.82, 2.24) is 14.7 Å². The molecule has 1 aliphatic heterocycles. The number of hydrogen-bond donors (Lipinski definition) is 0. The van der Waals surface area contributed by atoms with Gasteiger partial charge < -0.3 is 4.90 Å². The van der Waals surface area contributed by atoms with E-state index in [1.807, 2.05) is 20.2 Å². The third-order valence-electron chi connectivity index (χ3n) is 4.58. The highest BCUT2D eigenvalue weighted by atomic mass is 32.2. The largest absolute Gasteiger partial charge is 0.321 e. The van der Waals surface area contributed by atoms with Crippen molar-refractivity contribution in [1.29, 1.82) is 0 Å². The second-order valence-electron chi connectivity index (χ2n) is 6.27. The Morgan fingerprint density at radius 3 is 2.56 bits per heavy atom. The topological polar surface area (TPSA) is 72.3 Å². The van der Waals surface area contributed by atoms with Crippen LogP contribution in [-0.4, -0.2) is 41.8 Å². The van der Waals surface area contributed by atoms with Crippen LogP contribution in [0.3, 0.4) is 0 Å². The Bertz CT molecular complexity index is 973. The first-order valence-electron chi connectivity index (χ1n) is 8.09. The molecule has 1 aromatic heterocycles. The molecule has 0 unspecified atom stereocenters. The molecule has 3 rings (SSSR count). The molecule has 1 aliphatic rings. The van der Waals surface area contributed by atoms with Gasteiger partial charge in [0.05, 0.1) is 22.8 Å². The van der Waals surface area contributed by atoms with Crippen LogP contribution in [-0.2, 0) is 21.7 Å². The fourth-order valence-corrected chi connectivity index (χ4v) is 3.97. The van der Waals surface area contributed by atoms with Crippen LogP contribution >= 0.6 is 0 Å². The minimum Gasteiger partial charge on any atom is -0.321 e. The van der Waals surface area contributed by atoms with Crippen LogP contribution in [0.4, 0.5) is 0 Å². The molecule has 1 atom stereocenters. The molecule has 6 nitrogen and oxygen atoms in total. The Balaban J connectivity index is 2.29. The Morgan fingerprint density at radius 2 is 1.96 bits per heavy atom. The molecule has 1 aromatic carbocycles. The summed E-state index contributed by atoms with van der Waals surface area (Å²) in [5.74, 6) is -0.360. The zero-order chi connectivity index (χ0) is 18.4. The predicted molar refractivity (Wildman–Crippen MR) is 95.6 cm³/mol. The highest BCUT2D eigenvalue weighted by Gasteiger charge is 2.28. The van der Waals surface area contributed by atoms with Gasteiger partial charge in [0.15, 0.2) is 9.84 Å². The molecule has 0 saturated carbocycles. The van der Waals surface area contributed by atoms with E-state index in [0.29, 0.717) is 0 Å². The van der Waals surface area contributed by atoms with Crippen LogP contribution in [0.15, 0.2) is 41.7 Å². The van der Waals surface area contributed by atoms with E-state index >= 15 is 0 Å². The summed E-state index contributed by atoms with van der Waals surface area (Å²) in [5.41, 5.74) is 3.20. The van der Waals surface area contributed by atoms with Crippen molar-refractivity contribution in [2.24, 2.45) is 7.05 Å². The minimum atomic E-state index is -3.34. The van der Waals surface area contributed by atoms with Crippen LogP contribution in [0.25, 0.3) is 5.57 Å². The number of carbonyl (C=O) groups is 1. The van der Waals surface area contributed by atoms with Gasteiger partial charge in [-0.1, -0.05) is 13.0 Å². The van der Waals surface area contributed by atoms with E-state index < -0.39 is 9.84 Å². The molecule has 0 spiro atoms. The molecule has 25 heavy (non-hydrogen) atoms. The fraction of sp³-hybridized carbons (Fsp3) is 0.333. The third kappa shape index (κ3) is 3.00. The molecule has 0 bridgehead atoms. The van der Waals surface area contributed by atoms with E-state index in [4.69, 9.17) is 0 Å². The van der Waals surface area contributed by atoms with Crippen LogP contribution in [0.1, 0.15) is 36.5 Å². The first-order valence-corrected chi connectivity index (χ1v) is 9.74. The van der Waals surface area contributed by atoms with E-state index in [2.05, 4.69) is 5.10 Å². The van der Waals surface area contributed by atoms with Crippen LogP contribution in [0.5, 0.6) is 0 Å². The van der Waals surface area contributed by atoms with Crippen molar-refractivity contribution < 1.29 is 13.2 Å². The van der Waals surface area contributed by atoms with Gasteiger partial charge in [-0.15, -0.1) is 0 Å². The van der Waals surface area contributed by atoms with Crippen LogP contribution in [0, 0.1) is 0 Å². The summed E-state index contributed by atoms with van der Waals surface area (Å²) in [6.07, 6.45) is 5.32. The van der Waals surface area contributed by atoms with E-state index in [1.54, 1.807) is 54.1 Å². The number of fused-ring (bicyclic) bond motifs is 1. The second-order valence-corrected chi connectivity index (χ2v) is 8.55. The lowest BCUT2D eigenvalue weighted by Gasteiger charge is -2.16. The number of rotatable bonds is 3. The predicted octanol–water partition coefficient (Wildman–Crippen LogP) is 2.18. The lowest BCUT2D eigenvalue weighted by Crippen LogP contribution is -2.24.